The van der Waals surface area contributed by atoms with Crippen molar-refractivity contribution in [2.24, 2.45) is 47.3 Å². The molecule has 0 aromatic heterocycles. The number of esters is 2. The molecule has 0 unspecified atom stereocenters. The van der Waals surface area contributed by atoms with Gasteiger partial charge in [-0.05, 0) is 112 Å². The van der Waals surface area contributed by atoms with Gasteiger partial charge in [0.2, 0.25) is 0 Å². The van der Waals surface area contributed by atoms with Gasteiger partial charge in [-0.25, -0.2) is 9.59 Å². The molecule has 5 nitrogen and oxygen atoms in total. The summed E-state index contributed by atoms with van der Waals surface area (Å²) in [4.78, 5) is 24.5. The Labute approximate surface area is 197 Å². The quantitative estimate of drug-likeness (QED) is 0.298. The molecule has 0 atom stereocenters. The molecule has 0 N–H and O–H groups in total. The molecule has 8 rings (SSSR count). The van der Waals surface area contributed by atoms with E-state index in [0.717, 1.165) is 23.7 Å². The van der Waals surface area contributed by atoms with Crippen molar-refractivity contribution in [2.45, 2.75) is 76.4 Å². The highest BCUT2D eigenvalue weighted by molar-refractivity contribution is 5.82. The van der Waals surface area contributed by atoms with Gasteiger partial charge in [0.05, 0.1) is 13.2 Å². The van der Waals surface area contributed by atoms with E-state index in [-0.39, 0.29) is 24.1 Å². The molecule has 0 aliphatic heterocycles. The van der Waals surface area contributed by atoms with Crippen molar-refractivity contribution in [3.8, 4) is 0 Å². The second kappa shape index (κ2) is 9.20. The van der Waals surface area contributed by atoms with E-state index in [2.05, 4.69) is 0 Å². The van der Waals surface area contributed by atoms with Crippen LogP contribution in [-0.2, 0) is 23.8 Å². The first-order chi connectivity index (χ1) is 16.1. The Hall–Kier alpha value is -1.62. The maximum Gasteiger partial charge on any atom is 0.330 e. The summed E-state index contributed by atoms with van der Waals surface area (Å²) < 4.78 is 17.2. The van der Waals surface area contributed by atoms with Gasteiger partial charge in [0, 0.05) is 12.2 Å². The molecule has 180 valence electrons. The summed E-state index contributed by atoms with van der Waals surface area (Å²) in [6.45, 7) is 0.650. The molecule has 8 aliphatic rings. The van der Waals surface area contributed by atoms with Crippen LogP contribution in [-0.4, -0.2) is 37.4 Å². The highest BCUT2D eigenvalue weighted by atomic mass is 16.5. The maximum atomic E-state index is 12.3. The lowest BCUT2D eigenvalue weighted by Crippen LogP contribution is -2.49. The van der Waals surface area contributed by atoms with E-state index in [0.29, 0.717) is 36.9 Å². The number of carbonyl (C=O) groups excluding carboxylic acids is 2. The van der Waals surface area contributed by atoms with Crippen LogP contribution in [0.2, 0.25) is 0 Å². The molecule has 0 saturated heterocycles. The van der Waals surface area contributed by atoms with Gasteiger partial charge in [0.25, 0.3) is 0 Å². The van der Waals surface area contributed by atoms with Crippen LogP contribution >= 0.6 is 0 Å². The maximum absolute atomic E-state index is 12.3. The monoisotopic (exact) mass is 454 g/mol. The average Bonchev–Trinajstić information content (AvgIpc) is 2.77. The van der Waals surface area contributed by atoms with Crippen LogP contribution < -0.4 is 0 Å². The molecule has 33 heavy (non-hydrogen) atoms. The zero-order valence-corrected chi connectivity index (χ0v) is 19.6. The lowest BCUT2D eigenvalue weighted by molar-refractivity contribution is -0.165. The third-order valence-corrected chi connectivity index (χ3v) is 9.72. The Morgan fingerprint density at radius 1 is 0.545 bits per heavy atom. The Morgan fingerprint density at radius 2 is 0.879 bits per heavy atom. The number of ether oxygens (including phenoxy) is 3. The minimum Gasteiger partial charge on any atom is -0.459 e. The molecule has 0 radical (unpaired) electrons. The first-order valence-corrected chi connectivity index (χ1v) is 13.4. The summed E-state index contributed by atoms with van der Waals surface area (Å²) in [5.74, 6) is 5.36. The van der Waals surface area contributed by atoms with Crippen LogP contribution in [0.4, 0.5) is 0 Å². The van der Waals surface area contributed by atoms with Crippen LogP contribution in [0, 0.1) is 47.3 Å². The molecule has 8 fully saturated rings. The zero-order valence-electron chi connectivity index (χ0n) is 19.6. The van der Waals surface area contributed by atoms with Gasteiger partial charge in [-0.15, -0.1) is 0 Å². The zero-order chi connectivity index (χ0) is 22.4. The summed E-state index contributed by atoms with van der Waals surface area (Å²) in [6, 6.07) is 0. The van der Waals surface area contributed by atoms with Gasteiger partial charge in [-0.2, -0.15) is 0 Å². The van der Waals surface area contributed by atoms with E-state index in [1.807, 2.05) is 0 Å². The highest BCUT2D eigenvalue weighted by Crippen LogP contribution is 2.55. The van der Waals surface area contributed by atoms with Crippen LogP contribution in [0.25, 0.3) is 0 Å². The minimum atomic E-state index is -0.245. The second-order valence-electron chi connectivity index (χ2n) is 12.0. The Kier molecular flexibility index (Phi) is 6.10. The summed E-state index contributed by atoms with van der Waals surface area (Å²) >= 11 is 0. The van der Waals surface area contributed by atoms with Gasteiger partial charge < -0.3 is 14.2 Å². The first-order valence-electron chi connectivity index (χ1n) is 13.4. The van der Waals surface area contributed by atoms with Crippen molar-refractivity contribution in [2.75, 3.05) is 13.2 Å². The van der Waals surface area contributed by atoms with E-state index >= 15 is 0 Å². The van der Waals surface area contributed by atoms with Gasteiger partial charge >= 0.3 is 11.9 Å². The van der Waals surface area contributed by atoms with Gasteiger partial charge in [-0.1, -0.05) is 12.2 Å². The largest absolute Gasteiger partial charge is 0.459 e. The molecule has 8 bridgehead atoms. The Bertz CT molecular complexity index is 691. The van der Waals surface area contributed by atoms with Crippen molar-refractivity contribution in [1.29, 1.82) is 0 Å². The number of hydrogen-bond donors (Lipinski definition) is 0. The van der Waals surface area contributed by atoms with Crippen molar-refractivity contribution in [3.05, 3.63) is 24.3 Å². The molecule has 0 heterocycles. The second-order valence-corrected chi connectivity index (χ2v) is 12.0. The van der Waals surface area contributed by atoms with E-state index in [1.54, 1.807) is 12.2 Å². The summed E-state index contributed by atoms with van der Waals surface area (Å²) in [5, 5.41) is 0. The van der Waals surface area contributed by atoms with E-state index in [4.69, 9.17) is 14.2 Å². The normalized spacial score (nSPS) is 44.7. The minimum absolute atomic E-state index is 0.124. The Balaban J connectivity index is 0.876. The van der Waals surface area contributed by atoms with Gasteiger partial charge in [0.15, 0.2) is 0 Å². The number of rotatable bonds is 8. The van der Waals surface area contributed by atoms with Gasteiger partial charge in [0.1, 0.15) is 12.2 Å². The molecular formula is C28H38O5. The fourth-order valence-electron chi connectivity index (χ4n) is 8.97. The fourth-order valence-corrected chi connectivity index (χ4v) is 8.97. The third kappa shape index (κ3) is 4.67. The van der Waals surface area contributed by atoms with Crippen LogP contribution in [0.5, 0.6) is 0 Å². The molecule has 0 spiro atoms. The van der Waals surface area contributed by atoms with Crippen molar-refractivity contribution in [1.82, 2.24) is 0 Å². The summed E-state index contributed by atoms with van der Waals surface area (Å²) in [6.07, 6.45) is 19.4. The topological polar surface area (TPSA) is 61.8 Å². The summed E-state index contributed by atoms with van der Waals surface area (Å²) in [5.41, 5.74) is 0. The predicted octanol–water partition coefficient (Wildman–Crippen LogP) is 4.85. The van der Waals surface area contributed by atoms with Gasteiger partial charge in [-0.3, -0.25) is 0 Å². The number of hydrogen-bond acceptors (Lipinski definition) is 5. The molecule has 5 heteroatoms. The molecule has 8 saturated carbocycles. The molecule has 8 aliphatic carbocycles. The van der Waals surface area contributed by atoms with E-state index < -0.39 is 0 Å². The first kappa shape index (κ1) is 21.9. The third-order valence-electron chi connectivity index (χ3n) is 9.72. The SMILES string of the molecule is O=C(C=CCOCC=CC(=O)OC1C2CC3CC(C2)CC1C3)OC1C2CC3CC(C2)CC1C3. The number of carbonyl (C=O) groups is 2. The lowest BCUT2D eigenvalue weighted by atomic mass is 9.55. The lowest BCUT2D eigenvalue weighted by Gasteiger charge is -2.53. The summed E-state index contributed by atoms with van der Waals surface area (Å²) in [7, 11) is 0. The highest BCUT2D eigenvalue weighted by Gasteiger charge is 2.50. The molecule has 0 amide bonds. The van der Waals surface area contributed by atoms with Crippen molar-refractivity contribution < 1.29 is 23.8 Å². The molecular weight excluding hydrogens is 416 g/mol. The van der Waals surface area contributed by atoms with Crippen LogP contribution in [0.1, 0.15) is 64.2 Å². The van der Waals surface area contributed by atoms with Crippen LogP contribution in [0.15, 0.2) is 24.3 Å². The standard InChI is InChI=1S/C28H38O5/c29-25(32-27-21-9-17-7-18(11-21)12-22(27)10-17)3-1-5-31-6-2-4-26(30)33-28-23-13-19-8-20(15-23)16-24(28)14-19/h1-4,17-24,27-28H,5-16H2. The fraction of sp³-hybridized carbons (Fsp3) is 0.786. The molecule has 0 aromatic carbocycles. The average molecular weight is 455 g/mol. The van der Waals surface area contributed by atoms with Crippen LogP contribution in [0.3, 0.4) is 0 Å². The smallest absolute Gasteiger partial charge is 0.330 e. The van der Waals surface area contributed by atoms with E-state index in [9.17, 15) is 9.59 Å². The van der Waals surface area contributed by atoms with Crippen molar-refractivity contribution in [3.63, 3.8) is 0 Å². The predicted molar refractivity (Wildman–Crippen MR) is 123 cm³/mol. The van der Waals surface area contributed by atoms with Crippen molar-refractivity contribution >= 4 is 11.9 Å². The molecule has 0 aromatic rings. The van der Waals surface area contributed by atoms with E-state index in [1.165, 1.54) is 76.4 Å². The Morgan fingerprint density at radius 3 is 1.21 bits per heavy atom.